The van der Waals surface area contributed by atoms with E-state index in [9.17, 15) is 4.79 Å². The molecule has 0 aliphatic rings. The molecule has 0 unspecified atom stereocenters. The van der Waals surface area contributed by atoms with Crippen molar-refractivity contribution in [2.45, 2.75) is 11.8 Å². The second-order valence-corrected chi connectivity index (χ2v) is 4.43. The van der Waals surface area contributed by atoms with Crippen molar-refractivity contribution in [3.63, 3.8) is 0 Å². The zero-order chi connectivity index (χ0) is 8.97. The van der Waals surface area contributed by atoms with Crippen molar-refractivity contribution in [3.8, 4) is 0 Å². The van der Waals surface area contributed by atoms with Crippen molar-refractivity contribution in [1.82, 2.24) is 0 Å². The van der Waals surface area contributed by atoms with Crippen LogP contribution in [0.2, 0.25) is 0 Å². The van der Waals surface area contributed by atoms with Gasteiger partial charge in [0.05, 0.1) is 0 Å². The number of hydrogen-bond donors (Lipinski definition) is 0. The number of aldehydes is 1. The minimum absolute atomic E-state index is 0.704. The fourth-order valence-electron chi connectivity index (χ4n) is 0.860. The van der Waals surface area contributed by atoms with Gasteiger partial charge >= 0.3 is 0 Å². The third kappa shape index (κ3) is 2.35. The molecule has 0 aliphatic heterocycles. The maximum absolute atomic E-state index is 10.5. The molecule has 0 bridgehead atoms. The summed E-state index contributed by atoms with van der Waals surface area (Å²) in [5.41, 5.74) is 0.704. The molecule has 0 spiro atoms. The molecule has 0 N–H and O–H groups in total. The number of benzene rings is 1. The lowest BCUT2D eigenvalue weighted by molar-refractivity contribution is 0.112. The summed E-state index contributed by atoms with van der Waals surface area (Å²) in [6.45, 7) is 2.10. The van der Waals surface area contributed by atoms with Gasteiger partial charge in [-0.2, -0.15) is 0 Å². The van der Waals surface area contributed by atoms with Gasteiger partial charge in [0.1, 0.15) is 0 Å². The Labute approximate surface area is 84.7 Å². The molecule has 0 aromatic heterocycles. The van der Waals surface area contributed by atoms with Gasteiger partial charge in [0.15, 0.2) is 6.29 Å². The monoisotopic (exact) mass is 244 g/mol. The van der Waals surface area contributed by atoms with Crippen molar-refractivity contribution in [2.24, 2.45) is 0 Å². The van der Waals surface area contributed by atoms with E-state index in [4.69, 9.17) is 0 Å². The minimum atomic E-state index is 0.704. The Morgan fingerprint density at radius 3 is 2.83 bits per heavy atom. The third-order valence-electron chi connectivity index (χ3n) is 1.41. The quantitative estimate of drug-likeness (QED) is 0.599. The van der Waals surface area contributed by atoms with E-state index in [1.54, 1.807) is 11.8 Å². The molecule has 1 aromatic carbocycles. The maximum atomic E-state index is 10.5. The van der Waals surface area contributed by atoms with Crippen molar-refractivity contribution < 1.29 is 4.79 Å². The first-order valence-corrected chi connectivity index (χ1v) is 5.43. The number of rotatable bonds is 3. The fraction of sp³-hybridized carbons (Fsp3) is 0.222. The first kappa shape index (κ1) is 9.81. The summed E-state index contributed by atoms with van der Waals surface area (Å²) in [6.07, 6.45) is 0.852. The zero-order valence-electron chi connectivity index (χ0n) is 6.71. The van der Waals surface area contributed by atoms with Crippen LogP contribution in [0.4, 0.5) is 0 Å². The standard InChI is InChI=1S/C9H9BrOS/c1-2-12-8-4-3-7(6-11)9(10)5-8/h3-6H,2H2,1H3. The highest BCUT2D eigenvalue weighted by Crippen LogP contribution is 2.23. The van der Waals surface area contributed by atoms with Crippen LogP contribution in [0.25, 0.3) is 0 Å². The second kappa shape index (κ2) is 4.67. The van der Waals surface area contributed by atoms with Crippen LogP contribution in [0.1, 0.15) is 17.3 Å². The van der Waals surface area contributed by atoms with Gasteiger partial charge in [0.2, 0.25) is 0 Å². The number of hydrogen-bond acceptors (Lipinski definition) is 2. The predicted molar refractivity (Wildman–Crippen MR) is 55.9 cm³/mol. The summed E-state index contributed by atoms with van der Waals surface area (Å²) in [7, 11) is 0. The van der Waals surface area contributed by atoms with Crippen LogP contribution < -0.4 is 0 Å². The predicted octanol–water partition coefficient (Wildman–Crippen LogP) is 3.37. The Morgan fingerprint density at radius 1 is 1.58 bits per heavy atom. The van der Waals surface area contributed by atoms with Gasteiger partial charge in [-0.1, -0.05) is 22.9 Å². The van der Waals surface area contributed by atoms with Crippen molar-refractivity contribution in [2.75, 3.05) is 5.75 Å². The Hall–Kier alpha value is -0.280. The summed E-state index contributed by atoms with van der Waals surface area (Å²) in [5.74, 6) is 1.05. The maximum Gasteiger partial charge on any atom is 0.151 e. The van der Waals surface area contributed by atoms with E-state index in [-0.39, 0.29) is 0 Å². The summed E-state index contributed by atoms with van der Waals surface area (Å²) in [4.78, 5) is 11.6. The van der Waals surface area contributed by atoms with Gasteiger partial charge in [-0.05, 0) is 24.0 Å². The van der Waals surface area contributed by atoms with Gasteiger partial charge in [-0.25, -0.2) is 0 Å². The van der Waals surface area contributed by atoms with Crippen LogP contribution >= 0.6 is 27.7 Å². The summed E-state index contributed by atoms with van der Waals surface area (Å²) in [6, 6.07) is 5.76. The molecule has 0 radical (unpaired) electrons. The van der Waals surface area contributed by atoms with E-state index >= 15 is 0 Å². The lowest BCUT2D eigenvalue weighted by atomic mass is 10.2. The van der Waals surface area contributed by atoms with Crippen LogP contribution in [0, 0.1) is 0 Å². The second-order valence-electron chi connectivity index (χ2n) is 2.23. The Balaban J connectivity index is 2.93. The Bertz CT molecular complexity index is 286. The molecule has 0 atom stereocenters. The first-order chi connectivity index (χ1) is 5.77. The average Bonchev–Trinajstić information content (AvgIpc) is 2.05. The van der Waals surface area contributed by atoms with Crippen LogP contribution in [-0.2, 0) is 0 Å². The minimum Gasteiger partial charge on any atom is -0.298 e. The van der Waals surface area contributed by atoms with Crippen LogP contribution in [0.3, 0.4) is 0 Å². The molecule has 12 heavy (non-hydrogen) atoms. The smallest absolute Gasteiger partial charge is 0.151 e. The molecule has 0 amide bonds. The van der Waals surface area contributed by atoms with Gasteiger partial charge in [0, 0.05) is 14.9 Å². The molecule has 0 aliphatic carbocycles. The molecule has 0 heterocycles. The third-order valence-corrected chi connectivity index (χ3v) is 2.97. The van der Waals surface area contributed by atoms with E-state index < -0.39 is 0 Å². The van der Waals surface area contributed by atoms with Crippen LogP contribution in [0.15, 0.2) is 27.6 Å². The van der Waals surface area contributed by atoms with Crippen LogP contribution in [-0.4, -0.2) is 12.0 Å². The van der Waals surface area contributed by atoms with Crippen molar-refractivity contribution in [1.29, 1.82) is 0 Å². The Kier molecular flexibility index (Phi) is 3.82. The molecule has 0 saturated carbocycles. The SMILES string of the molecule is CCSc1ccc(C=O)c(Br)c1. The van der Waals surface area contributed by atoms with Crippen molar-refractivity contribution in [3.05, 3.63) is 28.2 Å². The summed E-state index contributed by atoms with van der Waals surface area (Å²) < 4.78 is 0.871. The molecule has 1 aromatic rings. The lowest BCUT2D eigenvalue weighted by Crippen LogP contribution is -1.82. The summed E-state index contributed by atoms with van der Waals surface area (Å²) in [5, 5.41) is 0. The number of halogens is 1. The number of thioether (sulfide) groups is 1. The largest absolute Gasteiger partial charge is 0.298 e. The van der Waals surface area contributed by atoms with Gasteiger partial charge in [0.25, 0.3) is 0 Å². The summed E-state index contributed by atoms with van der Waals surface area (Å²) >= 11 is 5.10. The topological polar surface area (TPSA) is 17.1 Å². The molecule has 0 fully saturated rings. The van der Waals surface area contributed by atoms with Gasteiger partial charge in [-0.15, -0.1) is 11.8 Å². The van der Waals surface area contributed by atoms with E-state index in [1.807, 2.05) is 18.2 Å². The first-order valence-electron chi connectivity index (χ1n) is 3.65. The molecule has 0 saturated heterocycles. The highest BCUT2D eigenvalue weighted by atomic mass is 79.9. The van der Waals surface area contributed by atoms with E-state index in [0.29, 0.717) is 5.56 Å². The Morgan fingerprint density at radius 2 is 2.33 bits per heavy atom. The normalized spacial score (nSPS) is 9.83. The van der Waals surface area contributed by atoms with Gasteiger partial charge < -0.3 is 0 Å². The molecule has 64 valence electrons. The zero-order valence-corrected chi connectivity index (χ0v) is 9.11. The fourth-order valence-corrected chi connectivity index (χ4v) is 2.18. The van der Waals surface area contributed by atoms with E-state index in [1.165, 1.54) is 4.90 Å². The molecular weight excluding hydrogens is 236 g/mol. The average molecular weight is 245 g/mol. The highest BCUT2D eigenvalue weighted by Gasteiger charge is 1.99. The molecule has 1 rings (SSSR count). The number of carbonyl (C=O) groups is 1. The van der Waals surface area contributed by atoms with E-state index in [2.05, 4.69) is 22.9 Å². The molecular formula is C9H9BrOS. The lowest BCUT2D eigenvalue weighted by Gasteiger charge is -2.00. The highest BCUT2D eigenvalue weighted by molar-refractivity contribution is 9.10. The molecule has 3 heteroatoms. The van der Waals surface area contributed by atoms with E-state index in [0.717, 1.165) is 16.5 Å². The van der Waals surface area contributed by atoms with Gasteiger partial charge in [-0.3, -0.25) is 4.79 Å². The van der Waals surface area contributed by atoms with Crippen LogP contribution in [0.5, 0.6) is 0 Å². The molecule has 1 nitrogen and oxygen atoms in total. The van der Waals surface area contributed by atoms with Crippen molar-refractivity contribution >= 4 is 34.0 Å². The number of carbonyl (C=O) groups excluding carboxylic acids is 1.